The van der Waals surface area contributed by atoms with Crippen LogP contribution in [-0.2, 0) is 24.8 Å². The number of carbonyl (C=O) groups excluding carboxylic acids is 1. The number of hydrogen-bond donors (Lipinski definition) is 0. The number of rotatable bonds is 3. The Morgan fingerprint density at radius 3 is 2.62 bits per heavy atom. The van der Waals surface area contributed by atoms with Crippen molar-refractivity contribution in [3.8, 4) is 0 Å². The van der Waals surface area contributed by atoms with Crippen LogP contribution in [0.4, 0.5) is 0 Å². The first-order valence-corrected chi connectivity index (χ1v) is 10.7. The number of piperidine rings is 1. The van der Waals surface area contributed by atoms with Crippen LogP contribution < -0.4 is 5.56 Å². The molecule has 0 N–H and O–H groups in total. The molecule has 1 aliphatic heterocycles. The van der Waals surface area contributed by atoms with Crippen LogP contribution in [-0.4, -0.2) is 38.6 Å². The number of aromatic nitrogens is 3. The minimum Gasteiger partial charge on any atom is -0.350 e. The summed E-state index contributed by atoms with van der Waals surface area (Å²) in [7, 11) is 0. The predicted molar refractivity (Wildman–Crippen MR) is 109 cm³/mol. The zero-order valence-electron chi connectivity index (χ0n) is 17.6. The molecule has 4 rings (SSSR count). The van der Waals surface area contributed by atoms with Gasteiger partial charge in [-0.2, -0.15) is 0 Å². The fraction of sp³-hybridized carbons (Fsp3) is 0.636. The van der Waals surface area contributed by atoms with Crippen molar-refractivity contribution in [3.63, 3.8) is 0 Å². The molecule has 0 radical (unpaired) electrons. The highest BCUT2D eigenvalue weighted by molar-refractivity contribution is 5.93. The van der Waals surface area contributed by atoms with Crippen LogP contribution in [0.5, 0.6) is 0 Å². The molecule has 0 bridgehead atoms. The second-order valence-electron chi connectivity index (χ2n) is 9.39. The van der Waals surface area contributed by atoms with Gasteiger partial charge in [-0.05, 0) is 44.4 Å². The molecular weight excluding hydrogens is 368 g/mol. The molecular formula is C22H30N4O3. The van der Waals surface area contributed by atoms with E-state index in [-0.39, 0.29) is 16.9 Å². The number of hydrogen-bond acceptors (Lipinski definition) is 5. The Kier molecular flexibility index (Phi) is 5.32. The van der Waals surface area contributed by atoms with E-state index in [1.54, 1.807) is 17.0 Å². The fourth-order valence-electron chi connectivity index (χ4n) is 4.27. The number of carbonyl (C=O) groups is 1. The van der Waals surface area contributed by atoms with Crippen LogP contribution in [0.25, 0.3) is 0 Å². The zero-order valence-corrected chi connectivity index (χ0v) is 17.6. The van der Waals surface area contributed by atoms with Crippen molar-refractivity contribution in [1.29, 1.82) is 0 Å². The lowest BCUT2D eigenvalue weighted by molar-refractivity contribution is 0.0639. The first-order chi connectivity index (χ1) is 13.8. The third-order valence-electron chi connectivity index (χ3n) is 6.16. The normalized spacial score (nSPS) is 18.0. The Balaban J connectivity index is 1.37. The lowest BCUT2D eigenvalue weighted by Crippen LogP contribution is -2.40. The largest absolute Gasteiger partial charge is 0.350 e. The molecule has 2 aromatic rings. The molecule has 1 saturated heterocycles. The lowest BCUT2D eigenvalue weighted by Gasteiger charge is -2.31. The van der Waals surface area contributed by atoms with Crippen LogP contribution in [0.2, 0.25) is 0 Å². The summed E-state index contributed by atoms with van der Waals surface area (Å²) in [6, 6.07) is 1.64. The van der Waals surface area contributed by atoms with Gasteiger partial charge in [0.25, 0.3) is 11.5 Å². The van der Waals surface area contributed by atoms with Crippen LogP contribution in [0.3, 0.4) is 0 Å². The van der Waals surface area contributed by atoms with Crippen LogP contribution in [0, 0.1) is 5.92 Å². The second-order valence-corrected chi connectivity index (χ2v) is 9.39. The molecule has 2 aliphatic rings. The molecule has 3 heterocycles. The maximum absolute atomic E-state index is 12.9. The Hall–Kier alpha value is -2.44. The Bertz CT molecular complexity index is 946. The number of fused-ring (bicyclic) bond motifs is 1. The molecule has 0 unspecified atom stereocenters. The van der Waals surface area contributed by atoms with Gasteiger partial charge in [0.05, 0.1) is 17.7 Å². The Labute approximate surface area is 171 Å². The minimum atomic E-state index is -0.135. The highest BCUT2D eigenvalue weighted by atomic mass is 16.5. The Morgan fingerprint density at radius 1 is 1.21 bits per heavy atom. The van der Waals surface area contributed by atoms with Gasteiger partial charge in [0.15, 0.2) is 0 Å². The van der Waals surface area contributed by atoms with E-state index in [9.17, 15) is 9.59 Å². The van der Waals surface area contributed by atoms with E-state index >= 15 is 0 Å². The lowest BCUT2D eigenvalue weighted by atomic mass is 9.92. The summed E-state index contributed by atoms with van der Waals surface area (Å²) in [5, 5.41) is 4.11. The topological polar surface area (TPSA) is 81.2 Å². The molecule has 0 atom stereocenters. The third-order valence-corrected chi connectivity index (χ3v) is 6.16. The summed E-state index contributed by atoms with van der Waals surface area (Å²) in [5.74, 6) is 0.770. The van der Waals surface area contributed by atoms with Gasteiger partial charge in [-0.1, -0.05) is 25.9 Å². The predicted octanol–water partition coefficient (Wildman–Crippen LogP) is 2.96. The van der Waals surface area contributed by atoms with E-state index in [1.165, 1.54) is 0 Å². The molecule has 2 aromatic heterocycles. The van der Waals surface area contributed by atoms with Gasteiger partial charge in [-0.3, -0.25) is 14.2 Å². The molecule has 0 aromatic carbocycles. The average Bonchev–Trinajstić information content (AvgIpc) is 3.13. The molecule has 1 aliphatic carbocycles. The van der Waals surface area contributed by atoms with Gasteiger partial charge in [0.2, 0.25) is 5.76 Å². The van der Waals surface area contributed by atoms with Crippen LogP contribution in [0.15, 0.2) is 21.7 Å². The van der Waals surface area contributed by atoms with Crippen LogP contribution in [0.1, 0.15) is 74.0 Å². The van der Waals surface area contributed by atoms with Crippen molar-refractivity contribution in [3.05, 3.63) is 45.5 Å². The molecule has 156 valence electrons. The number of aryl methyl sites for hydroxylation is 1. The number of likely N-dealkylation sites (tertiary alicyclic amines) is 1. The van der Waals surface area contributed by atoms with Gasteiger partial charge in [0, 0.05) is 36.7 Å². The SMILES string of the molecule is CC(C)(C)c1cc(=O)n(CC2CCN(C(=O)c3onc4c3CCCC4)CC2)cn1. The van der Waals surface area contributed by atoms with E-state index in [2.05, 4.69) is 30.9 Å². The zero-order chi connectivity index (χ0) is 20.6. The first kappa shape index (κ1) is 19.9. The number of amides is 1. The van der Waals surface area contributed by atoms with Crippen molar-refractivity contribution in [2.75, 3.05) is 13.1 Å². The monoisotopic (exact) mass is 398 g/mol. The van der Waals surface area contributed by atoms with Crippen molar-refractivity contribution < 1.29 is 9.32 Å². The number of nitrogens with zero attached hydrogens (tertiary/aromatic N) is 4. The van der Waals surface area contributed by atoms with E-state index in [0.717, 1.165) is 55.5 Å². The molecule has 29 heavy (non-hydrogen) atoms. The highest BCUT2D eigenvalue weighted by Crippen LogP contribution is 2.27. The van der Waals surface area contributed by atoms with Gasteiger partial charge < -0.3 is 9.42 Å². The smallest absolute Gasteiger partial charge is 0.292 e. The standard InChI is InChI=1S/C22H30N4O3/c1-22(2,3)18-12-19(27)26(14-23-18)13-15-8-10-25(11-9-15)21(28)20-16-6-4-5-7-17(16)24-29-20/h12,14-15H,4-11,13H2,1-3H3. The molecule has 7 heteroatoms. The van der Waals surface area contributed by atoms with Gasteiger partial charge in [-0.25, -0.2) is 4.98 Å². The molecule has 7 nitrogen and oxygen atoms in total. The van der Waals surface area contributed by atoms with Gasteiger partial charge in [-0.15, -0.1) is 0 Å². The summed E-state index contributed by atoms with van der Waals surface area (Å²) in [6.07, 6.45) is 7.41. The van der Waals surface area contributed by atoms with Gasteiger partial charge >= 0.3 is 0 Å². The summed E-state index contributed by atoms with van der Waals surface area (Å²) < 4.78 is 7.11. The minimum absolute atomic E-state index is 0.00304. The Morgan fingerprint density at radius 2 is 1.93 bits per heavy atom. The third kappa shape index (κ3) is 4.14. The molecule has 0 spiro atoms. The molecule has 1 amide bonds. The summed E-state index contributed by atoms with van der Waals surface area (Å²) in [6.45, 7) is 8.17. The summed E-state index contributed by atoms with van der Waals surface area (Å²) >= 11 is 0. The molecule has 1 fully saturated rings. The van der Waals surface area contributed by atoms with Crippen molar-refractivity contribution in [2.45, 2.75) is 71.3 Å². The summed E-state index contributed by atoms with van der Waals surface area (Å²) in [4.78, 5) is 31.7. The second kappa shape index (κ2) is 7.76. The first-order valence-electron chi connectivity index (χ1n) is 10.7. The quantitative estimate of drug-likeness (QED) is 0.794. The maximum Gasteiger partial charge on any atom is 0.292 e. The van der Waals surface area contributed by atoms with E-state index in [1.807, 2.05) is 4.90 Å². The van der Waals surface area contributed by atoms with E-state index in [0.29, 0.717) is 31.3 Å². The fourth-order valence-corrected chi connectivity index (χ4v) is 4.27. The van der Waals surface area contributed by atoms with Crippen molar-refractivity contribution >= 4 is 5.91 Å². The average molecular weight is 399 g/mol. The molecule has 0 saturated carbocycles. The van der Waals surface area contributed by atoms with Gasteiger partial charge in [0.1, 0.15) is 0 Å². The van der Waals surface area contributed by atoms with E-state index in [4.69, 9.17) is 4.52 Å². The van der Waals surface area contributed by atoms with E-state index < -0.39 is 0 Å². The highest BCUT2D eigenvalue weighted by Gasteiger charge is 2.30. The van der Waals surface area contributed by atoms with Crippen molar-refractivity contribution in [2.24, 2.45) is 5.92 Å². The van der Waals surface area contributed by atoms with Crippen LogP contribution >= 0.6 is 0 Å². The van der Waals surface area contributed by atoms with Crippen molar-refractivity contribution in [1.82, 2.24) is 19.6 Å². The maximum atomic E-state index is 12.9. The summed E-state index contributed by atoms with van der Waals surface area (Å²) in [5.41, 5.74) is 2.65.